The van der Waals surface area contributed by atoms with E-state index in [0.717, 1.165) is 11.1 Å². The lowest BCUT2D eigenvalue weighted by molar-refractivity contribution is 0.168. The third-order valence-corrected chi connectivity index (χ3v) is 2.35. The second-order valence-corrected chi connectivity index (χ2v) is 3.62. The number of aryl methyl sites for hydroxylation is 1. The predicted octanol–water partition coefficient (Wildman–Crippen LogP) is 2.61. The first-order valence-corrected chi connectivity index (χ1v) is 5.51. The van der Waals surface area contributed by atoms with E-state index in [1.807, 2.05) is 13.0 Å². The number of hydrogen-bond acceptors (Lipinski definition) is 5. The zero-order valence-corrected chi connectivity index (χ0v) is 10.1. The Morgan fingerprint density at radius 1 is 1.50 bits per heavy atom. The van der Waals surface area contributed by atoms with Gasteiger partial charge in [0.2, 0.25) is 12.3 Å². The fourth-order valence-corrected chi connectivity index (χ4v) is 1.51. The molecule has 0 bridgehead atoms. The van der Waals surface area contributed by atoms with Crippen LogP contribution in [0.5, 0.6) is 0 Å². The summed E-state index contributed by atoms with van der Waals surface area (Å²) in [5.41, 5.74) is 2.38. The van der Waals surface area contributed by atoms with Crippen LogP contribution in [0.4, 0.5) is 10.5 Å². The van der Waals surface area contributed by atoms with Crippen molar-refractivity contribution < 1.29 is 13.9 Å². The van der Waals surface area contributed by atoms with E-state index < -0.39 is 6.09 Å². The number of ether oxygens (including phenoxy) is 1. The molecule has 6 heteroatoms. The van der Waals surface area contributed by atoms with Crippen molar-refractivity contribution in [1.82, 2.24) is 10.2 Å². The summed E-state index contributed by atoms with van der Waals surface area (Å²) in [5.74, 6) is 0.445. The maximum Gasteiger partial charge on any atom is 0.411 e. The molecule has 0 aliphatic heterocycles. The normalized spacial score (nSPS) is 10.1. The van der Waals surface area contributed by atoms with Crippen LogP contribution in [0.3, 0.4) is 0 Å². The van der Waals surface area contributed by atoms with Crippen LogP contribution in [0.25, 0.3) is 11.5 Å². The third-order valence-electron chi connectivity index (χ3n) is 2.35. The number of amides is 1. The quantitative estimate of drug-likeness (QED) is 0.902. The molecular weight excluding hydrogens is 234 g/mol. The third kappa shape index (κ3) is 2.65. The highest BCUT2D eigenvalue weighted by Gasteiger charge is 2.08. The lowest BCUT2D eigenvalue weighted by Gasteiger charge is -2.08. The van der Waals surface area contributed by atoms with Gasteiger partial charge in [-0.15, -0.1) is 10.2 Å². The van der Waals surface area contributed by atoms with E-state index in [1.165, 1.54) is 6.39 Å². The zero-order chi connectivity index (χ0) is 13.0. The Bertz CT molecular complexity index is 538. The fourth-order valence-electron chi connectivity index (χ4n) is 1.51. The molecule has 0 saturated heterocycles. The van der Waals surface area contributed by atoms with Crippen molar-refractivity contribution in [2.45, 2.75) is 13.8 Å². The molecule has 2 rings (SSSR count). The Kier molecular flexibility index (Phi) is 3.57. The first kappa shape index (κ1) is 12.1. The number of nitrogens with zero attached hydrogens (tertiary/aromatic N) is 2. The maximum absolute atomic E-state index is 11.3. The molecule has 0 aliphatic rings. The molecule has 94 valence electrons. The van der Waals surface area contributed by atoms with Crippen molar-refractivity contribution in [2.75, 3.05) is 11.9 Å². The van der Waals surface area contributed by atoms with E-state index in [-0.39, 0.29) is 0 Å². The Morgan fingerprint density at radius 2 is 2.33 bits per heavy atom. The summed E-state index contributed by atoms with van der Waals surface area (Å²) in [6, 6.07) is 5.42. The van der Waals surface area contributed by atoms with Crippen molar-refractivity contribution in [3.05, 3.63) is 30.2 Å². The van der Waals surface area contributed by atoms with Gasteiger partial charge < -0.3 is 9.15 Å². The largest absolute Gasteiger partial charge is 0.450 e. The highest BCUT2D eigenvalue weighted by molar-refractivity contribution is 5.86. The smallest absolute Gasteiger partial charge is 0.411 e. The van der Waals surface area contributed by atoms with Gasteiger partial charge in [0, 0.05) is 11.3 Å². The summed E-state index contributed by atoms with van der Waals surface area (Å²) >= 11 is 0. The Labute approximate surface area is 104 Å². The van der Waals surface area contributed by atoms with Crippen molar-refractivity contribution >= 4 is 11.8 Å². The molecule has 1 aromatic carbocycles. The number of carbonyl (C=O) groups excluding carboxylic acids is 1. The molecule has 0 saturated carbocycles. The molecule has 1 amide bonds. The summed E-state index contributed by atoms with van der Waals surface area (Å²) < 4.78 is 9.91. The van der Waals surface area contributed by atoms with Crippen LogP contribution in [0.1, 0.15) is 12.5 Å². The highest BCUT2D eigenvalue weighted by Crippen LogP contribution is 2.23. The monoisotopic (exact) mass is 247 g/mol. The predicted molar refractivity (Wildman–Crippen MR) is 65.1 cm³/mol. The topological polar surface area (TPSA) is 77.2 Å². The first-order chi connectivity index (χ1) is 8.70. The first-order valence-electron chi connectivity index (χ1n) is 5.51. The van der Waals surface area contributed by atoms with E-state index in [2.05, 4.69) is 15.5 Å². The average molecular weight is 247 g/mol. The van der Waals surface area contributed by atoms with Gasteiger partial charge in [-0.25, -0.2) is 4.79 Å². The van der Waals surface area contributed by atoms with E-state index in [1.54, 1.807) is 19.1 Å². The van der Waals surface area contributed by atoms with Crippen LogP contribution in [-0.4, -0.2) is 22.9 Å². The second-order valence-electron chi connectivity index (χ2n) is 3.62. The number of anilines is 1. The standard InChI is InChI=1S/C12H13N3O3/c1-3-17-12(16)14-10-5-4-9(6-8(10)2)11-15-13-7-18-11/h4-7H,3H2,1-2H3,(H,14,16). The minimum Gasteiger partial charge on any atom is -0.450 e. The number of carbonyl (C=O) groups is 1. The molecule has 0 unspecified atom stereocenters. The minimum absolute atomic E-state index is 0.338. The average Bonchev–Trinajstić information content (AvgIpc) is 2.85. The fraction of sp³-hybridized carbons (Fsp3) is 0.250. The molecule has 18 heavy (non-hydrogen) atoms. The minimum atomic E-state index is -0.467. The number of benzene rings is 1. The molecule has 1 N–H and O–H groups in total. The second kappa shape index (κ2) is 5.31. The molecule has 0 aliphatic carbocycles. The van der Waals surface area contributed by atoms with Gasteiger partial charge in [-0.3, -0.25) is 5.32 Å². The van der Waals surface area contributed by atoms with Gasteiger partial charge in [-0.1, -0.05) is 0 Å². The maximum atomic E-state index is 11.3. The number of rotatable bonds is 3. The molecule has 0 fully saturated rings. The van der Waals surface area contributed by atoms with E-state index >= 15 is 0 Å². The molecule has 1 aromatic heterocycles. The van der Waals surface area contributed by atoms with E-state index in [4.69, 9.17) is 9.15 Å². The van der Waals surface area contributed by atoms with Gasteiger partial charge in [0.05, 0.1) is 6.61 Å². The van der Waals surface area contributed by atoms with Crippen LogP contribution < -0.4 is 5.32 Å². The van der Waals surface area contributed by atoms with Crippen LogP contribution in [0, 0.1) is 6.92 Å². The van der Waals surface area contributed by atoms with Gasteiger partial charge in [-0.05, 0) is 37.6 Å². The summed E-state index contributed by atoms with van der Waals surface area (Å²) in [5, 5.41) is 10.1. The number of aromatic nitrogens is 2. The van der Waals surface area contributed by atoms with Gasteiger partial charge in [0.1, 0.15) is 0 Å². The molecule has 0 radical (unpaired) electrons. The Morgan fingerprint density at radius 3 is 2.94 bits per heavy atom. The summed E-state index contributed by atoms with van der Waals surface area (Å²) in [4.78, 5) is 11.3. The van der Waals surface area contributed by atoms with Crippen molar-refractivity contribution in [1.29, 1.82) is 0 Å². The molecule has 2 aromatic rings. The molecule has 0 spiro atoms. The summed E-state index contributed by atoms with van der Waals surface area (Å²) in [7, 11) is 0. The van der Waals surface area contributed by atoms with Gasteiger partial charge in [0.25, 0.3) is 0 Å². The molecule has 1 heterocycles. The van der Waals surface area contributed by atoms with Crippen LogP contribution in [-0.2, 0) is 4.74 Å². The lowest BCUT2D eigenvalue weighted by Crippen LogP contribution is -2.14. The molecule has 0 atom stereocenters. The van der Waals surface area contributed by atoms with Gasteiger partial charge in [-0.2, -0.15) is 0 Å². The lowest BCUT2D eigenvalue weighted by atomic mass is 10.1. The number of nitrogens with one attached hydrogen (secondary N) is 1. The van der Waals surface area contributed by atoms with Crippen molar-refractivity contribution in [3.8, 4) is 11.5 Å². The van der Waals surface area contributed by atoms with Gasteiger partial charge in [0.15, 0.2) is 0 Å². The molecular formula is C12H13N3O3. The van der Waals surface area contributed by atoms with Crippen molar-refractivity contribution in [2.24, 2.45) is 0 Å². The van der Waals surface area contributed by atoms with Crippen LogP contribution in [0.15, 0.2) is 29.0 Å². The zero-order valence-electron chi connectivity index (χ0n) is 10.1. The SMILES string of the molecule is CCOC(=O)Nc1ccc(-c2nnco2)cc1C. The number of hydrogen-bond donors (Lipinski definition) is 1. The van der Waals surface area contributed by atoms with Crippen LogP contribution >= 0.6 is 0 Å². The summed E-state index contributed by atoms with van der Waals surface area (Å²) in [6.07, 6.45) is 0.807. The highest BCUT2D eigenvalue weighted by atomic mass is 16.5. The molecule has 6 nitrogen and oxygen atoms in total. The Hall–Kier alpha value is -2.37. The van der Waals surface area contributed by atoms with E-state index in [0.29, 0.717) is 18.2 Å². The van der Waals surface area contributed by atoms with E-state index in [9.17, 15) is 4.79 Å². The van der Waals surface area contributed by atoms with Crippen LogP contribution in [0.2, 0.25) is 0 Å². The van der Waals surface area contributed by atoms with Gasteiger partial charge >= 0.3 is 6.09 Å². The Balaban J connectivity index is 2.18. The van der Waals surface area contributed by atoms with Crippen molar-refractivity contribution in [3.63, 3.8) is 0 Å². The summed E-state index contributed by atoms with van der Waals surface area (Å²) in [6.45, 7) is 3.97.